The zero-order valence-corrected chi connectivity index (χ0v) is 12.5. The van der Waals surface area contributed by atoms with Gasteiger partial charge in [-0.15, -0.1) is 0 Å². The highest BCUT2D eigenvalue weighted by Crippen LogP contribution is 2.19. The van der Waals surface area contributed by atoms with Gasteiger partial charge in [-0.2, -0.15) is 0 Å². The first-order chi connectivity index (χ1) is 10.6. The van der Waals surface area contributed by atoms with Crippen LogP contribution in [0, 0.1) is 6.92 Å². The van der Waals surface area contributed by atoms with Gasteiger partial charge in [0.25, 0.3) is 0 Å². The van der Waals surface area contributed by atoms with Crippen molar-refractivity contribution in [3.05, 3.63) is 65.2 Å². The van der Waals surface area contributed by atoms with Crippen LogP contribution in [0.5, 0.6) is 0 Å². The van der Waals surface area contributed by atoms with Crippen molar-refractivity contribution in [1.82, 2.24) is 0 Å². The summed E-state index contributed by atoms with van der Waals surface area (Å²) in [5, 5.41) is 2.56. The fraction of sp³-hybridized carbons (Fsp3) is 0.176. The number of carbonyl (C=O) groups is 2. The molecule has 5 nitrogen and oxygen atoms in total. The molecule has 0 heterocycles. The van der Waals surface area contributed by atoms with Gasteiger partial charge in [0, 0.05) is 0 Å². The zero-order chi connectivity index (χ0) is 15.9. The number of benzene rings is 2. The first-order valence-electron chi connectivity index (χ1n) is 6.77. The summed E-state index contributed by atoms with van der Waals surface area (Å²) in [6.45, 7) is 2.01. The lowest BCUT2D eigenvalue weighted by atomic mass is 10.1. The van der Waals surface area contributed by atoms with Crippen LogP contribution in [-0.2, 0) is 16.1 Å². The summed E-state index contributed by atoms with van der Waals surface area (Å²) in [7, 11) is 1.29. The normalized spacial score (nSPS) is 9.91. The van der Waals surface area contributed by atoms with E-state index in [1.165, 1.54) is 7.11 Å². The molecule has 0 bridgehead atoms. The number of amides is 1. The molecule has 0 radical (unpaired) electrons. The van der Waals surface area contributed by atoms with E-state index in [0.717, 1.165) is 11.1 Å². The smallest absolute Gasteiger partial charge is 0.411 e. The summed E-state index contributed by atoms with van der Waals surface area (Å²) in [6, 6.07) is 14.4. The molecule has 2 rings (SSSR count). The maximum absolute atomic E-state index is 11.8. The van der Waals surface area contributed by atoms with Crippen LogP contribution in [0.15, 0.2) is 48.5 Å². The highest BCUT2D eigenvalue weighted by molar-refractivity contribution is 5.99. The number of rotatable bonds is 4. The number of aryl methyl sites for hydroxylation is 1. The Bertz CT molecular complexity index is 668. The van der Waals surface area contributed by atoms with E-state index in [1.807, 2.05) is 37.3 Å². The second-order valence-corrected chi connectivity index (χ2v) is 4.73. The van der Waals surface area contributed by atoms with Crippen molar-refractivity contribution in [3.8, 4) is 0 Å². The first-order valence-corrected chi connectivity index (χ1v) is 6.77. The Morgan fingerprint density at radius 2 is 1.82 bits per heavy atom. The molecule has 5 heteroatoms. The van der Waals surface area contributed by atoms with Crippen LogP contribution in [0.1, 0.15) is 21.5 Å². The Morgan fingerprint density at radius 3 is 2.50 bits per heavy atom. The van der Waals surface area contributed by atoms with E-state index in [0.29, 0.717) is 11.3 Å². The number of ether oxygens (including phenoxy) is 2. The van der Waals surface area contributed by atoms with E-state index in [-0.39, 0.29) is 6.61 Å². The molecule has 22 heavy (non-hydrogen) atoms. The number of esters is 1. The van der Waals surface area contributed by atoms with Gasteiger partial charge in [-0.05, 0) is 24.6 Å². The van der Waals surface area contributed by atoms with Crippen LogP contribution in [0.2, 0.25) is 0 Å². The molecule has 0 aliphatic carbocycles. The number of anilines is 1. The van der Waals surface area contributed by atoms with Crippen molar-refractivity contribution in [3.63, 3.8) is 0 Å². The van der Waals surface area contributed by atoms with Gasteiger partial charge in [-0.25, -0.2) is 9.59 Å². The maximum atomic E-state index is 11.8. The molecule has 0 saturated heterocycles. The number of nitrogens with one attached hydrogen (secondary N) is 1. The molecule has 114 valence electrons. The third-order valence-corrected chi connectivity index (χ3v) is 3.03. The number of hydrogen-bond donors (Lipinski definition) is 1. The largest absolute Gasteiger partial charge is 0.465 e. The lowest BCUT2D eigenvalue weighted by Crippen LogP contribution is -2.16. The summed E-state index contributed by atoms with van der Waals surface area (Å²) < 4.78 is 9.84. The second kappa shape index (κ2) is 7.26. The fourth-order valence-electron chi connectivity index (χ4n) is 1.92. The van der Waals surface area contributed by atoms with E-state index in [9.17, 15) is 9.59 Å². The Labute approximate surface area is 128 Å². The minimum Gasteiger partial charge on any atom is -0.465 e. The Morgan fingerprint density at radius 1 is 1.09 bits per heavy atom. The van der Waals surface area contributed by atoms with E-state index in [2.05, 4.69) is 5.32 Å². The average Bonchev–Trinajstić information content (AvgIpc) is 2.55. The molecule has 0 unspecified atom stereocenters. The summed E-state index contributed by atoms with van der Waals surface area (Å²) in [6.07, 6.45) is -0.627. The van der Waals surface area contributed by atoms with E-state index in [1.54, 1.807) is 18.2 Å². The predicted molar refractivity (Wildman–Crippen MR) is 82.8 cm³/mol. The second-order valence-electron chi connectivity index (χ2n) is 4.73. The third-order valence-electron chi connectivity index (χ3n) is 3.03. The van der Waals surface area contributed by atoms with Crippen molar-refractivity contribution in [2.24, 2.45) is 0 Å². The Kier molecular flexibility index (Phi) is 5.14. The highest BCUT2D eigenvalue weighted by atomic mass is 16.5. The standard InChI is InChI=1S/C17H17NO4/c1-12-8-9-15(14(10-12)16(19)21-2)18-17(20)22-11-13-6-4-3-5-7-13/h3-10H,11H2,1-2H3,(H,18,20). The van der Waals surface area contributed by atoms with Gasteiger partial charge in [-0.1, -0.05) is 42.0 Å². The summed E-state index contributed by atoms with van der Waals surface area (Å²) in [5.41, 5.74) is 2.42. The van der Waals surface area contributed by atoms with E-state index >= 15 is 0 Å². The van der Waals surface area contributed by atoms with Crippen LogP contribution in [0.4, 0.5) is 10.5 Å². The average molecular weight is 299 g/mol. The molecule has 2 aromatic rings. The van der Waals surface area contributed by atoms with Crippen LogP contribution in [-0.4, -0.2) is 19.2 Å². The molecular weight excluding hydrogens is 282 g/mol. The molecule has 0 aromatic heterocycles. The lowest BCUT2D eigenvalue weighted by Gasteiger charge is -2.11. The maximum Gasteiger partial charge on any atom is 0.411 e. The minimum absolute atomic E-state index is 0.159. The number of hydrogen-bond acceptors (Lipinski definition) is 4. The van der Waals surface area contributed by atoms with Gasteiger partial charge in [0.2, 0.25) is 0 Å². The van der Waals surface area contributed by atoms with Gasteiger partial charge < -0.3 is 9.47 Å². The van der Waals surface area contributed by atoms with Gasteiger partial charge in [0.15, 0.2) is 0 Å². The minimum atomic E-state index is -0.627. The van der Waals surface area contributed by atoms with Crippen LogP contribution < -0.4 is 5.32 Å². The molecule has 0 spiro atoms. The predicted octanol–water partition coefficient (Wildman–Crippen LogP) is 3.53. The summed E-state index contributed by atoms with van der Waals surface area (Å²) in [5.74, 6) is -0.512. The van der Waals surface area contributed by atoms with Crippen LogP contribution >= 0.6 is 0 Å². The third kappa shape index (κ3) is 4.09. The fourth-order valence-corrected chi connectivity index (χ4v) is 1.92. The highest BCUT2D eigenvalue weighted by Gasteiger charge is 2.14. The van der Waals surface area contributed by atoms with Gasteiger partial charge in [-0.3, -0.25) is 5.32 Å². The van der Waals surface area contributed by atoms with Crippen molar-refractivity contribution in [2.45, 2.75) is 13.5 Å². The lowest BCUT2D eigenvalue weighted by molar-refractivity contribution is 0.0602. The molecule has 1 N–H and O–H groups in total. The Hall–Kier alpha value is -2.82. The summed E-state index contributed by atoms with van der Waals surface area (Å²) in [4.78, 5) is 23.6. The van der Waals surface area contributed by atoms with E-state index in [4.69, 9.17) is 9.47 Å². The van der Waals surface area contributed by atoms with E-state index < -0.39 is 12.1 Å². The molecule has 1 amide bonds. The van der Waals surface area contributed by atoms with Gasteiger partial charge in [0.1, 0.15) is 6.61 Å². The van der Waals surface area contributed by atoms with Gasteiger partial charge in [0.05, 0.1) is 18.4 Å². The van der Waals surface area contributed by atoms with Gasteiger partial charge >= 0.3 is 12.1 Å². The van der Waals surface area contributed by atoms with Crippen LogP contribution in [0.3, 0.4) is 0 Å². The molecule has 0 saturated carbocycles. The molecule has 0 aliphatic rings. The van der Waals surface area contributed by atoms with Crippen molar-refractivity contribution < 1.29 is 19.1 Å². The van der Waals surface area contributed by atoms with Crippen molar-refractivity contribution >= 4 is 17.7 Å². The molecule has 0 aliphatic heterocycles. The molecule has 2 aromatic carbocycles. The number of methoxy groups -OCH3 is 1. The Balaban J connectivity index is 2.03. The number of carbonyl (C=O) groups excluding carboxylic acids is 2. The topological polar surface area (TPSA) is 64.6 Å². The zero-order valence-electron chi connectivity index (χ0n) is 12.5. The van der Waals surface area contributed by atoms with Crippen molar-refractivity contribution in [1.29, 1.82) is 0 Å². The monoisotopic (exact) mass is 299 g/mol. The first kappa shape index (κ1) is 15.6. The van der Waals surface area contributed by atoms with Crippen molar-refractivity contribution in [2.75, 3.05) is 12.4 Å². The quantitative estimate of drug-likeness (QED) is 0.877. The SMILES string of the molecule is COC(=O)c1cc(C)ccc1NC(=O)OCc1ccccc1. The molecule has 0 atom stereocenters. The van der Waals surface area contributed by atoms with Crippen LogP contribution in [0.25, 0.3) is 0 Å². The summed E-state index contributed by atoms with van der Waals surface area (Å²) >= 11 is 0. The molecular formula is C17H17NO4. The molecule has 0 fully saturated rings.